The maximum absolute atomic E-state index is 15.0. The summed E-state index contributed by atoms with van der Waals surface area (Å²) in [4.78, 5) is 0. The Bertz CT molecular complexity index is 1130. The summed E-state index contributed by atoms with van der Waals surface area (Å²) < 4.78 is 120. The van der Waals surface area contributed by atoms with Crippen LogP contribution in [0.1, 0.15) is 11.1 Å². The molecule has 31 heavy (non-hydrogen) atoms. The molecule has 0 amide bonds. The molecule has 0 aliphatic carbocycles. The lowest BCUT2D eigenvalue weighted by Crippen LogP contribution is -2.58. The Morgan fingerprint density at radius 3 is 1.42 bits per heavy atom. The van der Waals surface area contributed by atoms with Crippen LogP contribution in [0.15, 0.2) is 24.3 Å². The van der Waals surface area contributed by atoms with Crippen LogP contribution in [0.3, 0.4) is 0 Å². The highest BCUT2D eigenvalue weighted by molar-refractivity contribution is 6.95. The van der Waals surface area contributed by atoms with Gasteiger partial charge in [-0.25, -0.2) is 35.1 Å². The van der Waals surface area contributed by atoms with Crippen molar-refractivity contribution >= 4 is 23.1 Å². The van der Waals surface area contributed by atoms with Crippen molar-refractivity contribution in [2.75, 3.05) is 7.11 Å². The van der Waals surface area contributed by atoms with Crippen molar-refractivity contribution in [1.82, 2.24) is 0 Å². The van der Waals surface area contributed by atoms with E-state index in [9.17, 15) is 35.1 Å². The van der Waals surface area contributed by atoms with E-state index in [1.54, 1.807) is 0 Å². The van der Waals surface area contributed by atoms with E-state index in [1.807, 2.05) is 0 Å². The highest BCUT2D eigenvalue weighted by atomic mass is 19.2. The van der Waals surface area contributed by atoms with Crippen molar-refractivity contribution < 1.29 is 39.9 Å². The van der Waals surface area contributed by atoms with Crippen LogP contribution < -0.4 is 21.1 Å². The van der Waals surface area contributed by atoms with Gasteiger partial charge in [0.25, 0.3) is 6.71 Å². The minimum Gasteiger partial charge on any atom is -0.494 e. The summed E-state index contributed by atoms with van der Waals surface area (Å²) in [6.45, 7) is -0.322. The molecule has 0 spiro atoms. The van der Waals surface area contributed by atoms with Gasteiger partial charge in [-0.2, -0.15) is 0 Å². The standard InChI is InChI=1S/C21H13BF8O/c1-8-11(23)5-15(27)18(20(8)29)22(10-4-17(31-3)14(26)7-13(10)25)19-16(28)6-12(24)9(2)21(19)30/h4-7H,1-3H3. The first-order valence-electron chi connectivity index (χ1n) is 8.80. The summed E-state index contributed by atoms with van der Waals surface area (Å²) in [5.41, 5.74) is -4.37. The van der Waals surface area contributed by atoms with Gasteiger partial charge in [-0.3, -0.25) is 0 Å². The molecule has 0 radical (unpaired) electrons. The molecule has 0 atom stereocenters. The Morgan fingerprint density at radius 2 is 1.00 bits per heavy atom. The molecular formula is C21H13BF8O. The number of ether oxygens (including phenoxy) is 1. The van der Waals surface area contributed by atoms with Gasteiger partial charge in [0.05, 0.1) is 7.11 Å². The Labute approximate surface area is 172 Å². The number of rotatable bonds is 4. The van der Waals surface area contributed by atoms with Crippen molar-refractivity contribution in [3.8, 4) is 5.75 Å². The molecule has 162 valence electrons. The molecule has 0 heterocycles. The van der Waals surface area contributed by atoms with Gasteiger partial charge in [0.2, 0.25) is 0 Å². The highest BCUT2D eigenvalue weighted by Crippen LogP contribution is 2.20. The van der Waals surface area contributed by atoms with Crippen LogP contribution in [0.2, 0.25) is 0 Å². The zero-order valence-corrected chi connectivity index (χ0v) is 16.3. The Kier molecular flexibility index (Phi) is 6.02. The normalized spacial score (nSPS) is 11.1. The summed E-state index contributed by atoms with van der Waals surface area (Å²) in [7, 11) is 1.02. The molecule has 0 unspecified atom stereocenters. The predicted molar refractivity (Wildman–Crippen MR) is 99.7 cm³/mol. The lowest BCUT2D eigenvalue weighted by atomic mass is 9.36. The second-order valence-electron chi connectivity index (χ2n) is 6.83. The van der Waals surface area contributed by atoms with E-state index < -0.39 is 86.5 Å². The monoisotopic (exact) mass is 444 g/mol. The average molecular weight is 444 g/mol. The van der Waals surface area contributed by atoms with Crippen molar-refractivity contribution in [2.24, 2.45) is 0 Å². The number of halogens is 8. The summed E-state index contributed by atoms with van der Waals surface area (Å²) in [5.74, 6) is -12.0. The molecule has 0 aliphatic rings. The van der Waals surface area contributed by atoms with Gasteiger partial charge in [0.1, 0.15) is 40.7 Å². The van der Waals surface area contributed by atoms with Crippen molar-refractivity contribution in [3.05, 3.63) is 81.9 Å². The maximum Gasteiger partial charge on any atom is 0.260 e. The van der Waals surface area contributed by atoms with E-state index in [0.29, 0.717) is 12.1 Å². The summed E-state index contributed by atoms with van der Waals surface area (Å²) in [6, 6.07) is 1.52. The number of benzene rings is 3. The summed E-state index contributed by atoms with van der Waals surface area (Å²) in [6.07, 6.45) is 0. The molecule has 3 rings (SSSR count). The lowest BCUT2D eigenvalue weighted by molar-refractivity contribution is 0.385. The minimum absolute atomic E-state index is 0.269. The minimum atomic E-state index is -2.20. The average Bonchev–Trinajstić information content (AvgIpc) is 2.70. The second kappa shape index (κ2) is 8.24. The topological polar surface area (TPSA) is 9.23 Å². The van der Waals surface area contributed by atoms with E-state index in [0.717, 1.165) is 21.0 Å². The van der Waals surface area contributed by atoms with Gasteiger partial charge in [-0.15, -0.1) is 0 Å². The second-order valence-corrected chi connectivity index (χ2v) is 6.83. The molecule has 3 aromatic carbocycles. The van der Waals surface area contributed by atoms with Crippen LogP contribution in [-0.2, 0) is 0 Å². The Hall–Kier alpha value is -3.04. The smallest absolute Gasteiger partial charge is 0.260 e. The van der Waals surface area contributed by atoms with Crippen LogP contribution in [0, 0.1) is 60.4 Å². The van der Waals surface area contributed by atoms with Crippen LogP contribution >= 0.6 is 0 Å². The van der Waals surface area contributed by atoms with E-state index in [2.05, 4.69) is 0 Å². The molecule has 0 bridgehead atoms. The zero-order chi connectivity index (χ0) is 23.2. The van der Waals surface area contributed by atoms with Crippen molar-refractivity contribution in [3.63, 3.8) is 0 Å². The SMILES string of the molecule is COc1cc(B(c2c(F)cc(F)c(C)c2F)c2c(F)cc(F)c(C)c2F)c(F)cc1F. The predicted octanol–water partition coefficient (Wildman–Crippen LogP) is 3.94. The first kappa shape index (κ1) is 22.6. The molecule has 0 fully saturated rings. The largest absolute Gasteiger partial charge is 0.494 e. The number of methoxy groups -OCH3 is 1. The van der Waals surface area contributed by atoms with Gasteiger partial charge in [0, 0.05) is 40.3 Å². The van der Waals surface area contributed by atoms with E-state index >= 15 is 0 Å². The third-order valence-electron chi connectivity index (χ3n) is 5.03. The number of hydrogen-bond donors (Lipinski definition) is 0. The molecule has 3 aromatic rings. The summed E-state index contributed by atoms with van der Waals surface area (Å²) >= 11 is 0. The Morgan fingerprint density at radius 1 is 0.581 bits per heavy atom. The quantitative estimate of drug-likeness (QED) is 0.438. The fourth-order valence-electron chi connectivity index (χ4n) is 3.32. The van der Waals surface area contributed by atoms with E-state index in [4.69, 9.17) is 4.74 Å². The van der Waals surface area contributed by atoms with Crippen LogP contribution in [-0.4, -0.2) is 13.8 Å². The third-order valence-corrected chi connectivity index (χ3v) is 5.03. The molecule has 10 heteroatoms. The van der Waals surface area contributed by atoms with Crippen molar-refractivity contribution in [2.45, 2.75) is 13.8 Å². The van der Waals surface area contributed by atoms with Gasteiger partial charge in [-0.1, -0.05) is 0 Å². The van der Waals surface area contributed by atoms with E-state index in [1.165, 1.54) is 0 Å². The maximum atomic E-state index is 15.0. The van der Waals surface area contributed by atoms with Gasteiger partial charge in [0.15, 0.2) is 11.6 Å². The molecule has 0 N–H and O–H groups in total. The Balaban J connectivity index is 2.50. The third kappa shape index (κ3) is 3.75. The first-order chi connectivity index (χ1) is 14.5. The molecule has 0 saturated carbocycles. The van der Waals surface area contributed by atoms with Gasteiger partial charge >= 0.3 is 0 Å². The fourth-order valence-corrected chi connectivity index (χ4v) is 3.32. The highest BCUT2D eigenvalue weighted by Gasteiger charge is 2.38. The van der Waals surface area contributed by atoms with Crippen LogP contribution in [0.4, 0.5) is 35.1 Å². The zero-order valence-electron chi connectivity index (χ0n) is 16.3. The molecule has 0 aliphatic heterocycles. The van der Waals surface area contributed by atoms with Crippen LogP contribution in [0.5, 0.6) is 5.75 Å². The number of hydrogen-bond acceptors (Lipinski definition) is 1. The molecule has 0 saturated heterocycles. The van der Waals surface area contributed by atoms with Crippen molar-refractivity contribution in [1.29, 1.82) is 0 Å². The van der Waals surface area contributed by atoms with Crippen LogP contribution in [0.25, 0.3) is 0 Å². The van der Waals surface area contributed by atoms with E-state index in [-0.39, 0.29) is 12.1 Å². The first-order valence-corrected chi connectivity index (χ1v) is 8.80. The molecule has 0 aromatic heterocycles. The summed E-state index contributed by atoms with van der Waals surface area (Å²) in [5, 5.41) is 0. The van der Waals surface area contributed by atoms with Gasteiger partial charge < -0.3 is 4.74 Å². The lowest BCUT2D eigenvalue weighted by Gasteiger charge is -2.21. The fraction of sp³-hybridized carbons (Fsp3) is 0.143. The van der Waals surface area contributed by atoms with Gasteiger partial charge in [-0.05, 0) is 25.4 Å². The molecule has 1 nitrogen and oxygen atoms in total. The molecular weight excluding hydrogens is 431 g/mol.